The molecular formula is C13H18FN3O3S. The Hall–Kier alpha value is -1.83. The SMILES string of the molecule is CNc1cc(C(=O)NCCC(C)SC)c([N+](=O)[O-])cc1F. The van der Waals surface area contributed by atoms with Crippen molar-refractivity contribution in [3.05, 3.63) is 33.6 Å². The highest BCUT2D eigenvalue weighted by molar-refractivity contribution is 7.99. The van der Waals surface area contributed by atoms with Crippen LogP contribution in [0.1, 0.15) is 23.7 Å². The van der Waals surface area contributed by atoms with E-state index in [0.717, 1.165) is 18.6 Å². The molecule has 1 unspecified atom stereocenters. The number of carbonyl (C=O) groups excluding carboxylic acids is 1. The minimum atomic E-state index is -0.767. The number of anilines is 1. The highest BCUT2D eigenvalue weighted by Crippen LogP contribution is 2.25. The fourth-order valence-electron chi connectivity index (χ4n) is 1.69. The predicted octanol–water partition coefficient (Wildman–Crippen LogP) is 2.65. The van der Waals surface area contributed by atoms with E-state index in [1.807, 2.05) is 13.2 Å². The minimum Gasteiger partial charge on any atom is -0.386 e. The smallest absolute Gasteiger partial charge is 0.285 e. The molecule has 0 bridgehead atoms. The Morgan fingerprint density at radius 1 is 1.52 bits per heavy atom. The fraction of sp³-hybridized carbons (Fsp3) is 0.462. The number of nitro groups is 1. The van der Waals surface area contributed by atoms with E-state index in [1.54, 1.807) is 11.8 Å². The normalized spacial score (nSPS) is 11.8. The van der Waals surface area contributed by atoms with Gasteiger partial charge in [-0.1, -0.05) is 6.92 Å². The van der Waals surface area contributed by atoms with Gasteiger partial charge in [0.15, 0.2) is 5.82 Å². The van der Waals surface area contributed by atoms with Crippen molar-refractivity contribution in [3.63, 3.8) is 0 Å². The van der Waals surface area contributed by atoms with Crippen LogP contribution >= 0.6 is 11.8 Å². The summed E-state index contributed by atoms with van der Waals surface area (Å²) in [5, 5.41) is 16.5. The van der Waals surface area contributed by atoms with Gasteiger partial charge in [-0.05, 0) is 18.7 Å². The Morgan fingerprint density at radius 3 is 2.71 bits per heavy atom. The van der Waals surface area contributed by atoms with Crippen LogP contribution in [0.5, 0.6) is 0 Å². The van der Waals surface area contributed by atoms with E-state index in [2.05, 4.69) is 10.6 Å². The predicted molar refractivity (Wildman–Crippen MR) is 82.5 cm³/mol. The first-order valence-corrected chi connectivity index (χ1v) is 7.66. The molecule has 0 radical (unpaired) electrons. The number of thioether (sulfide) groups is 1. The van der Waals surface area contributed by atoms with Crippen molar-refractivity contribution in [2.75, 3.05) is 25.2 Å². The van der Waals surface area contributed by atoms with Gasteiger partial charge in [-0.3, -0.25) is 14.9 Å². The van der Waals surface area contributed by atoms with Gasteiger partial charge in [0, 0.05) is 18.8 Å². The van der Waals surface area contributed by atoms with Crippen molar-refractivity contribution in [2.45, 2.75) is 18.6 Å². The number of hydrogen-bond donors (Lipinski definition) is 2. The third-order valence-electron chi connectivity index (χ3n) is 3.03. The molecule has 0 aliphatic heterocycles. The summed E-state index contributed by atoms with van der Waals surface area (Å²) in [6, 6.07) is 1.91. The zero-order valence-electron chi connectivity index (χ0n) is 12.1. The lowest BCUT2D eigenvalue weighted by molar-refractivity contribution is -0.385. The molecule has 1 rings (SSSR count). The minimum absolute atomic E-state index is 0.0447. The molecule has 6 nitrogen and oxygen atoms in total. The van der Waals surface area contributed by atoms with E-state index in [4.69, 9.17) is 0 Å². The second kappa shape index (κ2) is 7.82. The molecule has 2 N–H and O–H groups in total. The molecule has 0 aliphatic carbocycles. The van der Waals surface area contributed by atoms with Crippen molar-refractivity contribution < 1.29 is 14.1 Å². The number of nitrogens with zero attached hydrogens (tertiary/aromatic N) is 1. The third kappa shape index (κ3) is 4.59. The van der Waals surface area contributed by atoms with Gasteiger partial charge >= 0.3 is 0 Å². The standard InChI is InChI=1S/C13H18FN3O3S/c1-8(21-3)4-5-16-13(18)9-6-11(15-2)10(14)7-12(9)17(19)20/h6-8,15H,4-5H2,1-3H3,(H,16,18). The van der Waals surface area contributed by atoms with Crippen LogP contribution < -0.4 is 10.6 Å². The Bertz CT molecular complexity index is 540. The van der Waals surface area contributed by atoms with E-state index in [9.17, 15) is 19.3 Å². The van der Waals surface area contributed by atoms with Gasteiger partial charge in [-0.2, -0.15) is 11.8 Å². The average molecular weight is 315 g/mol. The molecule has 1 atom stereocenters. The van der Waals surface area contributed by atoms with E-state index >= 15 is 0 Å². The van der Waals surface area contributed by atoms with Crippen LogP contribution in [0.2, 0.25) is 0 Å². The maximum absolute atomic E-state index is 13.6. The van der Waals surface area contributed by atoms with Gasteiger partial charge in [-0.25, -0.2) is 4.39 Å². The van der Waals surface area contributed by atoms with E-state index in [1.165, 1.54) is 7.05 Å². The first-order valence-electron chi connectivity index (χ1n) is 6.37. The Labute approximate surface area is 126 Å². The molecule has 116 valence electrons. The molecule has 1 aromatic rings. The second-order valence-electron chi connectivity index (χ2n) is 4.45. The van der Waals surface area contributed by atoms with Crippen LogP contribution in [0.15, 0.2) is 12.1 Å². The van der Waals surface area contributed by atoms with Gasteiger partial charge in [0.05, 0.1) is 16.7 Å². The largest absolute Gasteiger partial charge is 0.386 e. The quantitative estimate of drug-likeness (QED) is 0.597. The molecule has 8 heteroatoms. The fourth-order valence-corrected chi connectivity index (χ4v) is 2.04. The first-order chi connectivity index (χ1) is 9.90. The number of nitro benzene ring substituents is 1. The molecular weight excluding hydrogens is 297 g/mol. The molecule has 0 aliphatic rings. The second-order valence-corrected chi connectivity index (χ2v) is 5.72. The molecule has 1 amide bonds. The summed E-state index contributed by atoms with van der Waals surface area (Å²) >= 11 is 1.67. The highest BCUT2D eigenvalue weighted by atomic mass is 32.2. The summed E-state index contributed by atoms with van der Waals surface area (Å²) in [6.45, 7) is 2.43. The Kier molecular flexibility index (Phi) is 6.41. The van der Waals surface area contributed by atoms with Crippen LogP contribution in [0, 0.1) is 15.9 Å². The summed E-state index contributed by atoms with van der Waals surface area (Å²) < 4.78 is 13.6. The lowest BCUT2D eigenvalue weighted by Gasteiger charge is -2.10. The Morgan fingerprint density at radius 2 is 2.19 bits per heavy atom. The first kappa shape index (κ1) is 17.2. The van der Waals surface area contributed by atoms with Crippen molar-refractivity contribution in [3.8, 4) is 0 Å². The van der Waals surface area contributed by atoms with Crippen LogP contribution in [0.25, 0.3) is 0 Å². The van der Waals surface area contributed by atoms with Gasteiger partial charge in [-0.15, -0.1) is 0 Å². The lowest BCUT2D eigenvalue weighted by Crippen LogP contribution is -2.27. The molecule has 0 spiro atoms. The van der Waals surface area contributed by atoms with Gasteiger partial charge < -0.3 is 10.6 Å². The third-order valence-corrected chi connectivity index (χ3v) is 4.08. The van der Waals surface area contributed by atoms with E-state index < -0.39 is 22.3 Å². The molecule has 0 heterocycles. The van der Waals surface area contributed by atoms with Crippen molar-refractivity contribution in [1.29, 1.82) is 0 Å². The molecule has 0 fully saturated rings. The molecule has 0 saturated heterocycles. The van der Waals surface area contributed by atoms with Crippen LogP contribution in [-0.2, 0) is 0 Å². The number of halogens is 1. The average Bonchev–Trinajstić information content (AvgIpc) is 2.46. The number of benzene rings is 1. The number of hydrogen-bond acceptors (Lipinski definition) is 5. The molecule has 1 aromatic carbocycles. The maximum Gasteiger partial charge on any atom is 0.285 e. The summed E-state index contributed by atoms with van der Waals surface area (Å²) in [5.74, 6) is -1.34. The monoisotopic (exact) mass is 315 g/mol. The van der Waals surface area contributed by atoms with Gasteiger partial charge in [0.25, 0.3) is 11.6 Å². The van der Waals surface area contributed by atoms with Crippen molar-refractivity contribution in [2.24, 2.45) is 0 Å². The van der Waals surface area contributed by atoms with Gasteiger partial charge in [0.1, 0.15) is 5.56 Å². The zero-order chi connectivity index (χ0) is 16.0. The molecule has 21 heavy (non-hydrogen) atoms. The topological polar surface area (TPSA) is 84.3 Å². The number of rotatable bonds is 7. The Balaban J connectivity index is 2.94. The van der Waals surface area contributed by atoms with Crippen LogP contribution in [-0.4, -0.2) is 35.9 Å². The number of amides is 1. The number of carbonyl (C=O) groups is 1. The molecule has 0 saturated carbocycles. The zero-order valence-corrected chi connectivity index (χ0v) is 12.9. The van der Waals surface area contributed by atoms with E-state index in [-0.39, 0.29) is 11.3 Å². The van der Waals surface area contributed by atoms with Crippen molar-refractivity contribution >= 4 is 29.0 Å². The number of nitrogens with one attached hydrogen (secondary N) is 2. The van der Waals surface area contributed by atoms with Crippen LogP contribution in [0.4, 0.5) is 15.8 Å². The van der Waals surface area contributed by atoms with Crippen molar-refractivity contribution in [1.82, 2.24) is 5.32 Å². The van der Waals surface area contributed by atoms with Gasteiger partial charge in [0.2, 0.25) is 0 Å². The highest BCUT2D eigenvalue weighted by Gasteiger charge is 2.23. The molecule has 0 aromatic heterocycles. The lowest BCUT2D eigenvalue weighted by atomic mass is 10.1. The summed E-state index contributed by atoms with van der Waals surface area (Å²) in [5.41, 5.74) is -0.646. The van der Waals surface area contributed by atoms with E-state index in [0.29, 0.717) is 11.8 Å². The summed E-state index contributed by atoms with van der Waals surface area (Å²) in [7, 11) is 1.48. The summed E-state index contributed by atoms with van der Waals surface area (Å²) in [4.78, 5) is 22.2. The summed E-state index contributed by atoms with van der Waals surface area (Å²) in [6.07, 6.45) is 2.72. The maximum atomic E-state index is 13.6. The van der Waals surface area contributed by atoms with Crippen LogP contribution in [0.3, 0.4) is 0 Å².